The Hall–Kier alpha value is -0.840. The van der Waals surface area contributed by atoms with Gasteiger partial charge in [-0.2, -0.15) is 13.2 Å². The molecule has 0 radical (unpaired) electrons. The molecule has 16 heavy (non-hydrogen) atoms. The van der Waals surface area contributed by atoms with Gasteiger partial charge in [-0.05, 0) is 55.3 Å². The molecule has 0 aliphatic heterocycles. The van der Waals surface area contributed by atoms with E-state index in [1.165, 1.54) is 18.6 Å². The lowest BCUT2D eigenvalue weighted by atomic mass is 9.93. The minimum atomic E-state index is -4.21. The molecule has 0 aromatic heterocycles. The number of hydrogen-bond donors (Lipinski definition) is 1. The van der Waals surface area contributed by atoms with Crippen molar-refractivity contribution >= 4 is 17.4 Å². The minimum absolute atomic E-state index is 0.0797. The Kier molecular flexibility index (Phi) is 3.33. The molecule has 5 heteroatoms. The Bertz CT molecular complexity index is 343. The molecular formula is C11H12F3NS. The van der Waals surface area contributed by atoms with Crippen LogP contribution in [0.5, 0.6) is 0 Å². The SMILES string of the molecule is FC(F)(F)Sc1ccc(NC2CCC2)cc1. The van der Waals surface area contributed by atoms with E-state index in [9.17, 15) is 13.2 Å². The Morgan fingerprint density at radius 1 is 1.12 bits per heavy atom. The smallest absolute Gasteiger partial charge is 0.382 e. The van der Waals surface area contributed by atoms with Crippen LogP contribution in [0.3, 0.4) is 0 Å². The monoisotopic (exact) mass is 247 g/mol. The van der Waals surface area contributed by atoms with E-state index in [1.807, 2.05) is 0 Å². The standard InChI is InChI=1S/C11H12F3NS/c12-11(13,14)16-10-6-4-9(5-7-10)15-8-2-1-3-8/h4-8,15H,1-3H2. The Morgan fingerprint density at radius 2 is 1.75 bits per heavy atom. The van der Waals surface area contributed by atoms with Crippen molar-refractivity contribution in [1.29, 1.82) is 0 Å². The van der Waals surface area contributed by atoms with Gasteiger partial charge in [-0.25, -0.2) is 0 Å². The fourth-order valence-electron chi connectivity index (χ4n) is 1.54. The van der Waals surface area contributed by atoms with Crippen LogP contribution in [0.1, 0.15) is 19.3 Å². The number of anilines is 1. The molecular weight excluding hydrogens is 235 g/mol. The van der Waals surface area contributed by atoms with Crippen molar-refractivity contribution in [3.8, 4) is 0 Å². The molecule has 0 unspecified atom stereocenters. The summed E-state index contributed by atoms with van der Waals surface area (Å²) < 4.78 is 36.2. The van der Waals surface area contributed by atoms with E-state index < -0.39 is 5.51 Å². The number of halogens is 3. The quantitative estimate of drug-likeness (QED) is 0.801. The molecule has 88 valence electrons. The van der Waals surface area contributed by atoms with Crippen LogP contribution in [0.15, 0.2) is 29.2 Å². The maximum Gasteiger partial charge on any atom is 0.446 e. The molecule has 1 aliphatic rings. The molecule has 0 spiro atoms. The summed E-state index contributed by atoms with van der Waals surface area (Å²) >= 11 is -0.0797. The van der Waals surface area contributed by atoms with Crippen molar-refractivity contribution in [3.63, 3.8) is 0 Å². The summed E-state index contributed by atoms with van der Waals surface area (Å²) in [5.74, 6) is 0. The van der Waals surface area contributed by atoms with Gasteiger partial charge in [0.2, 0.25) is 0 Å². The van der Waals surface area contributed by atoms with Crippen LogP contribution in [0.25, 0.3) is 0 Å². The highest BCUT2D eigenvalue weighted by atomic mass is 32.2. The molecule has 1 fully saturated rings. The third-order valence-electron chi connectivity index (χ3n) is 2.56. The molecule has 0 bridgehead atoms. The Labute approximate surface area is 96.4 Å². The second-order valence-electron chi connectivity index (χ2n) is 3.84. The van der Waals surface area contributed by atoms with Crippen molar-refractivity contribution in [2.24, 2.45) is 0 Å². The zero-order chi connectivity index (χ0) is 11.6. The number of nitrogens with one attached hydrogen (secondary N) is 1. The molecule has 1 aromatic carbocycles. The Balaban J connectivity index is 1.93. The van der Waals surface area contributed by atoms with E-state index in [0.717, 1.165) is 18.5 Å². The summed E-state index contributed by atoms with van der Waals surface area (Å²) in [4.78, 5) is 0.228. The first kappa shape index (κ1) is 11.6. The van der Waals surface area contributed by atoms with Gasteiger partial charge in [-0.1, -0.05) is 0 Å². The van der Waals surface area contributed by atoms with Crippen LogP contribution in [-0.4, -0.2) is 11.6 Å². The normalized spacial score (nSPS) is 16.9. The van der Waals surface area contributed by atoms with E-state index in [-0.39, 0.29) is 16.7 Å². The number of thioether (sulfide) groups is 1. The average molecular weight is 247 g/mol. The van der Waals surface area contributed by atoms with Crippen molar-refractivity contribution in [2.45, 2.75) is 35.7 Å². The van der Waals surface area contributed by atoms with Gasteiger partial charge < -0.3 is 5.32 Å². The zero-order valence-corrected chi connectivity index (χ0v) is 9.37. The lowest BCUT2D eigenvalue weighted by Gasteiger charge is -2.27. The molecule has 1 N–H and O–H groups in total. The van der Waals surface area contributed by atoms with Gasteiger partial charge in [-0.15, -0.1) is 0 Å². The molecule has 0 atom stereocenters. The van der Waals surface area contributed by atoms with Crippen molar-refractivity contribution < 1.29 is 13.2 Å². The highest BCUT2D eigenvalue weighted by Gasteiger charge is 2.29. The maximum atomic E-state index is 12.1. The molecule has 1 saturated carbocycles. The second kappa shape index (κ2) is 4.57. The topological polar surface area (TPSA) is 12.0 Å². The van der Waals surface area contributed by atoms with Crippen LogP contribution < -0.4 is 5.32 Å². The number of rotatable bonds is 3. The molecule has 1 nitrogen and oxygen atoms in total. The first-order valence-corrected chi connectivity index (χ1v) is 5.97. The highest BCUT2D eigenvalue weighted by molar-refractivity contribution is 8.00. The molecule has 0 heterocycles. The van der Waals surface area contributed by atoms with E-state index >= 15 is 0 Å². The Morgan fingerprint density at radius 3 is 2.19 bits per heavy atom. The average Bonchev–Trinajstić information content (AvgIpc) is 2.11. The van der Waals surface area contributed by atoms with Gasteiger partial charge >= 0.3 is 5.51 Å². The van der Waals surface area contributed by atoms with E-state index in [4.69, 9.17) is 0 Å². The molecule has 0 amide bonds. The van der Waals surface area contributed by atoms with Crippen LogP contribution in [0, 0.1) is 0 Å². The summed E-state index contributed by atoms with van der Waals surface area (Å²) in [7, 11) is 0. The van der Waals surface area contributed by atoms with E-state index in [2.05, 4.69) is 5.32 Å². The lowest BCUT2D eigenvalue weighted by Crippen LogP contribution is -2.26. The van der Waals surface area contributed by atoms with E-state index in [0.29, 0.717) is 6.04 Å². The van der Waals surface area contributed by atoms with Gasteiger partial charge in [0.1, 0.15) is 0 Å². The summed E-state index contributed by atoms with van der Waals surface area (Å²) in [6.07, 6.45) is 3.54. The fraction of sp³-hybridized carbons (Fsp3) is 0.455. The summed E-state index contributed by atoms with van der Waals surface area (Å²) in [5, 5.41) is 3.28. The summed E-state index contributed by atoms with van der Waals surface area (Å²) in [5.41, 5.74) is -3.31. The van der Waals surface area contributed by atoms with Gasteiger partial charge in [0, 0.05) is 16.6 Å². The first-order valence-electron chi connectivity index (χ1n) is 5.15. The van der Waals surface area contributed by atoms with Crippen LogP contribution in [0.2, 0.25) is 0 Å². The second-order valence-corrected chi connectivity index (χ2v) is 4.98. The predicted molar refractivity (Wildman–Crippen MR) is 59.6 cm³/mol. The van der Waals surface area contributed by atoms with Crippen molar-refractivity contribution in [2.75, 3.05) is 5.32 Å². The summed E-state index contributed by atoms with van der Waals surface area (Å²) in [6.45, 7) is 0. The first-order chi connectivity index (χ1) is 7.53. The van der Waals surface area contributed by atoms with Gasteiger partial charge in [0.25, 0.3) is 0 Å². The van der Waals surface area contributed by atoms with Gasteiger partial charge in [0.15, 0.2) is 0 Å². The van der Waals surface area contributed by atoms with Crippen LogP contribution in [0.4, 0.5) is 18.9 Å². The minimum Gasteiger partial charge on any atom is -0.382 e. The molecule has 2 rings (SSSR count). The highest BCUT2D eigenvalue weighted by Crippen LogP contribution is 2.37. The fourth-order valence-corrected chi connectivity index (χ4v) is 2.08. The zero-order valence-electron chi connectivity index (χ0n) is 8.55. The largest absolute Gasteiger partial charge is 0.446 e. The number of hydrogen-bond acceptors (Lipinski definition) is 2. The predicted octanol–water partition coefficient (Wildman–Crippen LogP) is 4.26. The van der Waals surface area contributed by atoms with E-state index in [1.54, 1.807) is 12.1 Å². The number of alkyl halides is 3. The molecule has 1 aliphatic carbocycles. The van der Waals surface area contributed by atoms with Crippen molar-refractivity contribution in [1.82, 2.24) is 0 Å². The summed E-state index contributed by atoms with van der Waals surface area (Å²) in [6, 6.07) is 6.90. The molecule has 0 saturated heterocycles. The third-order valence-corrected chi connectivity index (χ3v) is 3.30. The van der Waals surface area contributed by atoms with Crippen LogP contribution in [-0.2, 0) is 0 Å². The van der Waals surface area contributed by atoms with Gasteiger partial charge in [0.05, 0.1) is 0 Å². The van der Waals surface area contributed by atoms with Crippen molar-refractivity contribution in [3.05, 3.63) is 24.3 Å². The maximum absolute atomic E-state index is 12.1. The van der Waals surface area contributed by atoms with Crippen LogP contribution >= 0.6 is 11.8 Å². The third kappa shape index (κ3) is 3.33. The molecule has 1 aromatic rings. The van der Waals surface area contributed by atoms with Gasteiger partial charge in [-0.3, -0.25) is 0 Å². The lowest BCUT2D eigenvalue weighted by molar-refractivity contribution is -0.0328. The number of benzene rings is 1.